The monoisotopic (exact) mass is 767 g/mol. The van der Waals surface area contributed by atoms with Crippen molar-refractivity contribution in [2.24, 2.45) is 5.92 Å². The molecule has 0 saturated carbocycles. The minimum Gasteiger partial charge on any atom is -0.337 e. The molecule has 0 aliphatic rings. The zero-order chi connectivity index (χ0) is 40.2. The van der Waals surface area contributed by atoms with Gasteiger partial charge in [-0.1, -0.05) is 52.0 Å². The van der Waals surface area contributed by atoms with Gasteiger partial charge in [0, 0.05) is 59.7 Å². The van der Waals surface area contributed by atoms with Gasteiger partial charge < -0.3 is 15.3 Å². The van der Waals surface area contributed by atoms with Gasteiger partial charge in [0.25, 0.3) is 0 Å². The number of anilines is 1. The number of aromatic nitrogens is 12. The van der Waals surface area contributed by atoms with Crippen molar-refractivity contribution in [3.05, 3.63) is 116 Å². The maximum absolute atomic E-state index is 12.1. The zero-order valence-electron chi connectivity index (χ0n) is 32.7. The highest BCUT2D eigenvalue weighted by Gasteiger charge is 2.16. The van der Waals surface area contributed by atoms with Crippen LogP contribution in [0.4, 0.5) is 5.69 Å². The Balaban J connectivity index is 0.000000158. The predicted molar refractivity (Wildman–Crippen MR) is 229 cm³/mol. The molecule has 0 saturated heterocycles. The van der Waals surface area contributed by atoms with Crippen molar-refractivity contribution in [2.75, 3.05) is 5.32 Å². The summed E-state index contributed by atoms with van der Waals surface area (Å²) in [6, 6.07) is 23.8. The lowest BCUT2D eigenvalue weighted by molar-refractivity contribution is -0.116. The van der Waals surface area contributed by atoms with Gasteiger partial charge in [0.2, 0.25) is 5.91 Å². The molecule has 0 radical (unpaired) electrons. The fraction of sp³-hybridized carbons (Fsp3) is 0.159. The molecule has 0 bridgehead atoms. The van der Waals surface area contributed by atoms with Gasteiger partial charge in [-0.15, -0.1) is 0 Å². The molecule has 0 fully saturated rings. The molecule has 8 heterocycles. The topological polar surface area (TPSA) is 195 Å². The molecule has 58 heavy (non-hydrogen) atoms. The van der Waals surface area contributed by atoms with E-state index in [9.17, 15) is 4.79 Å². The van der Waals surface area contributed by atoms with Gasteiger partial charge in [0.15, 0.2) is 22.9 Å². The lowest BCUT2D eigenvalue weighted by Crippen LogP contribution is -2.13. The van der Waals surface area contributed by atoms with Gasteiger partial charge in [0.1, 0.15) is 11.4 Å². The summed E-state index contributed by atoms with van der Waals surface area (Å²) in [5, 5.41) is 19.4. The first kappa shape index (κ1) is 37.3. The van der Waals surface area contributed by atoms with Gasteiger partial charge >= 0.3 is 0 Å². The molecule has 0 aliphatic heterocycles. The number of H-pyrrole nitrogens is 4. The van der Waals surface area contributed by atoms with Crippen LogP contribution in [0, 0.1) is 12.8 Å². The van der Waals surface area contributed by atoms with Crippen LogP contribution < -0.4 is 5.32 Å². The Morgan fingerprint density at radius 2 is 1.24 bits per heavy atom. The first-order valence-corrected chi connectivity index (χ1v) is 19.1. The van der Waals surface area contributed by atoms with Crippen molar-refractivity contribution in [2.45, 2.75) is 41.0 Å². The Labute approximate surface area is 333 Å². The van der Waals surface area contributed by atoms with Crippen LogP contribution in [0.15, 0.2) is 110 Å². The summed E-state index contributed by atoms with van der Waals surface area (Å²) in [6.07, 6.45) is 11.1. The first-order valence-electron chi connectivity index (χ1n) is 19.1. The Hall–Kier alpha value is -7.61. The summed E-state index contributed by atoms with van der Waals surface area (Å²) in [6.45, 7) is 10.1. The lowest BCUT2D eigenvalue weighted by atomic mass is 10.0. The number of carbonyl (C=O) groups is 1. The van der Waals surface area contributed by atoms with E-state index >= 15 is 0 Å². The van der Waals surface area contributed by atoms with E-state index in [0.29, 0.717) is 35.1 Å². The molecule has 10 rings (SSSR count). The second kappa shape index (κ2) is 16.2. The summed E-state index contributed by atoms with van der Waals surface area (Å²) in [7, 11) is 0. The molecule has 14 heteroatoms. The summed E-state index contributed by atoms with van der Waals surface area (Å²) >= 11 is 0. The van der Waals surface area contributed by atoms with E-state index in [0.717, 1.165) is 77.9 Å². The number of carbonyl (C=O) groups excluding carboxylic acids is 1. The minimum absolute atomic E-state index is 0.0236. The average molecular weight is 768 g/mol. The highest BCUT2D eigenvalue weighted by molar-refractivity contribution is 5.95. The fourth-order valence-corrected chi connectivity index (χ4v) is 6.62. The molecule has 0 spiro atoms. The van der Waals surface area contributed by atoms with Crippen molar-refractivity contribution >= 4 is 55.7 Å². The molecular formula is C44H41N13O. The van der Waals surface area contributed by atoms with E-state index in [-0.39, 0.29) is 5.91 Å². The highest BCUT2D eigenvalue weighted by Crippen LogP contribution is 2.31. The van der Waals surface area contributed by atoms with Crippen LogP contribution in [0.25, 0.3) is 89.4 Å². The Morgan fingerprint density at radius 1 is 0.672 bits per heavy atom. The number of nitrogens with one attached hydrogen (secondary N) is 5. The number of hydrogen-bond donors (Lipinski definition) is 5. The van der Waals surface area contributed by atoms with Crippen molar-refractivity contribution in [3.8, 4) is 45.3 Å². The number of rotatable bonds is 7. The number of fused-ring (bicyclic) bond motifs is 4. The third-order valence-electron chi connectivity index (χ3n) is 9.37. The van der Waals surface area contributed by atoms with Gasteiger partial charge in [-0.05, 0) is 66.9 Å². The standard InChI is InChI=1S/C23H21N7O.C19H14N6.C2H6/c1-13(2)7-20(31)26-16-8-14(10-24-12-16)15-9-17-21(29-30-22(17)25-11-15)23-27-18-5-3-4-6-19(18)28-23;1-11-6-7-20-10-14(11)12-8-13-17(24-25-18(13)21-9-12)19-22-15-4-2-3-5-16(15)23-19;1-2/h3-6,8-13H,7H2,1-2H3,(H,26,31)(H,27,28)(H,25,29,30);2-10H,1H3,(H,22,23)(H,21,24,25);1-2H3. The largest absolute Gasteiger partial charge is 0.337 e. The minimum atomic E-state index is -0.0236. The SMILES string of the molecule is CC.CC(C)CC(=O)Nc1cncc(-c2cnc3n[nH]c(-c4nc5ccccc5[nH]4)c3c2)c1.Cc1ccncc1-c1cnc2n[nH]c(-c3nc4ccccc4[nH]3)c2c1. The smallest absolute Gasteiger partial charge is 0.224 e. The van der Waals surface area contributed by atoms with E-state index < -0.39 is 0 Å². The van der Waals surface area contributed by atoms with Crippen LogP contribution in [0.2, 0.25) is 0 Å². The molecule has 5 N–H and O–H groups in total. The predicted octanol–water partition coefficient (Wildman–Crippen LogP) is 9.45. The van der Waals surface area contributed by atoms with Crippen LogP contribution >= 0.6 is 0 Å². The van der Waals surface area contributed by atoms with E-state index in [1.54, 1.807) is 24.8 Å². The molecule has 10 aromatic rings. The molecule has 0 unspecified atom stereocenters. The first-order chi connectivity index (χ1) is 28.4. The van der Waals surface area contributed by atoms with Gasteiger partial charge in [-0.25, -0.2) is 19.9 Å². The van der Waals surface area contributed by atoms with E-state index in [1.807, 2.05) is 107 Å². The maximum Gasteiger partial charge on any atom is 0.224 e. The van der Waals surface area contributed by atoms with Crippen LogP contribution in [-0.2, 0) is 4.79 Å². The third-order valence-corrected chi connectivity index (χ3v) is 9.37. The average Bonchev–Trinajstić information content (AvgIpc) is 4.05. The van der Waals surface area contributed by atoms with Crippen molar-refractivity contribution in [3.63, 3.8) is 0 Å². The normalized spacial score (nSPS) is 11.1. The van der Waals surface area contributed by atoms with E-state index in [2.05, 4.69) is 78.6 Å². The maximum atomic E-state index is 12.1. The van der Waals surface area contributed by atoms with Gasteiger partial charge in [0.05, 0.1) is 44.7 Å². The number of benzene rings is 2. The molecule has 8 aromatic heterocycles. The number of hydrogen-bond acceptors (Lipinski definition) is 9. The summed E-state index contributed by atoms with van der Waals surface area (Å²) in [5.41, 5.74) is 12.3. The molecular weight excluding hydrogens is 727 g/mol. The van der Waals surface area contributed by atoms with Gasteiger partial charge in [-0.3, -0.25) is 25.0 Å². The number of aryl methyl sites for hydroxylation is 1. The van der Waals surface area contributed by atoms with Crippen LogP contribution in [-0.4, -0.2) is 66.2 Å². The highest BCUT2D eigenvalue weighted by atomic mass is 16.1. The molecule has 288 valence electrons. The van der Waals surface area contributed by atoms with Crippen molar-refractivity contribution in [1.82, 2.24) is 60.3 Å². The number of nitrogens with zero attached hydrogens (tertiary/aromatic N) is 8. The summed E-state index contributed by atoms with van der Waals surface area (Å²) in [4.78, 5) is 45.6. The summed E-state index contributed by atoms with van der Waals surface area (Å²) in [5.74, 6) is 1.73. The van der Waals surface area contributed by atoms with E-state index in [4.69, 9.17) is 0 Å². The Bertz CT molecular complexity index is 2960. The van der Waals surface area contributed by atoms with Crippen LogP contribution in [0.3, 0.4) is 0 Å². The second-order valence-corrected chi connectivity index (χ2v) is 13.9. The lowest BCUT2D eigenvalue weighted by Gasteiger charge is -2.08. The molecule has 14 nitrogen and oxygen atoms in total. The molecule has 2 aromatic carbocycles. The van der Waals surface area contributed by atoms with Crippen molar-refractivity contribution < 1.29 is 4.79 Å². The zero-order valence-corrected chi connectivity index (χ0v) is 32.7. The molecule has 1 amide bonds. The number of imidazole rings is 2. The Kier molecular flexibility index (Phi) is 10.4. The molecule has 0 atom stereocenters. The second-order valence-electron chi connectivity index (χ2n) is 13.9. The van der Waals surface area contributed by atoms with Crippen LogP contribution in [0.1, 0.15) is 39.7 Å². The van der Waals surface area contributed by atoms with Crippen LogP contribution in [0.5, 0.6) is 0 Å². The van der Waals surface area contributed by atoms with Gasteiger partial charge in [-0.2, -0.15) is 10.2 Å². The Morgan fingerprint density at radius 3 is 1.83 bits per heavy atom. The quantitative estimate of drug-likeness (QED) is 0.105. The molecule has 0 aliphatic carbocycles. The van der Waals surface area contributed by atoms with E-state index in [1.165, 1.54) is 0 Å². The summed E-state index contributed by atoms with van der Waals surface area (Å²) < 4.78 is 0. The number of aromatic amines is 4. The third kappa shape index (κ3) is 7.62. The fourth-order valence-electron chi connectivity index (χ4n) is 6.62. The number of amides is 1. The number of pyridine rings is 4. The van der Waals surface area contributed by atoms with Crippen molar-refractivity contribution in [1.29, 1.82) is 0 Å². The number of para-hydroxylation sites is 4.